The number of carbonyl (C=O) groups is 3. The molecule has 0 N–H and O–H groups in total. The molecule has 0 aliphatic carbocycles. The Morgan fingerprint density at radius 2 is 0.577 bits per heavy atom. The Balaban J connectivity index is 0.000000743. The molecular formula is C45H63AlO6. The van der Waals surface area contributed by atoms with Gasteiger partial charge in [-0.3, -0.25) is 0 Å². The van der Waals surface area contributed by atoms with Crippen molar-refractivity contribution in [3.63, 3.8) is 0 Å². The molecule has 52 heavy (non-hydrogen) atoms. The van der Waals surface area contributed by atoms with Gasteiger partial charge in [0.15, 0.2) is 0 Å². The summed E-state index contributed by atoms with van der Waals surface area (Å²) in [4.78, 5) is 33.4. The minimum absolute atomic E-state index is 0. The van der Waals surface area contributed by atoms with Crippen molar-refractivity contribution in [3.8, 4) is 0 Å². The third-order valence-corrected chi connectivity index (χ3v) is 8.20. The van der Waals surface area contributed by atoms with E-state index in [9.17, 15) is 29.7 Å². The summed E-state index contributed by atoms with van der Waals surface area (Å²) in [5.74, 6) is -0.276. The number of carboxylic acids is 3. The van der Waals surface area contributed by atoms with E-state index < -0.39 is 17.9 Å². The van der Waals surface area contributed by atoms with Crippen LogP contribution in [0.4, 0.5) is 0 Å². The summed E-state index contributed by atoms with van der Waals surface area (Å²) in [6, 6.07) is 16.5. The first-order valence-electron chi connectivity index (χ1n) is 18.7. The first-order valence-corrected chi connectivity index (χ1v) is 18.7. The van der Waals surface area contributed by atoms with Crippen LogP contribution in [0.15, 0.2) is 54.6 Å². The van der Waals surface area contributed by atoms with Gasteiger partial charge >= 0.3 is 17.4 Å². The molecule has 3 aromatic carbocycles. The maximum atomic E-state index is 11.1. The maximum absolute atomic E-state index is 11.1. The molecule has 6 nitrogen and oxygen atoms in total. The van der Waals surface area contributed by atoms with Crippen molar-refractivity contribution < 1.29 is 29.7 Å². The van der Waals surface area contributed by atoms with Gasteiger partial charge in [0.2, 0.25) is 0 Å². The number of rotatable bonds is 15. The zero-order chi connectivity index (χ0) is 39.0. The fourth-order valence-corrected chi connectivity index (χ4v) is 6.32. The van der Waals surface area contributed by atoms with Crippen molar-refractivity contribution in [2.45, 2.75) is 122 Å². The third-order valence-electron chi connectivity index (χ3n) is 8.20. The molecule has 0 aliphatic rings. The van der Waals surface area contributed by atoms with E-state index in [4.69, 9.17) is 0 Å². The zero-order valence-corrected chi connectivity index (χ0v) is 35.1. The molecule has 7 heteroatoms. The van der Waals surface area contributed by atoms with Gasteiger partial charge in [0.1, 0.15) is 0 Å². The van der Waals surface area contributed by atoms with Gasteiger partial charge in [-0.25, -0.2) is 0 Å². The molecule has 0 spiro atoms. The van der Waals surface area contributed by atoms with E-state index in [1.165, 1.54) is 0 Å². The molecule has 0 saturated carbocycles. The van der Waals surface area contributed by atoms with E-state index in [0.717, 1.165) is 71.9 Å². The first kappa shape index (κ1) is 48.6. The standard InChI is InChI=1S/3C15H22O2.Al/c3*1-10(2)8-12-6-5-7-13(15(16)17)14(12)9-11(3)4;/h3*5-7,10-11H,8-9H2,1-4H3,(H,16,17);/q;;;+3/p-3. The van der Waals surface area contributed by atoms with Crippen LogP contribution < -0.4 is 15.3 Å². The molecule has 0 atom stereocenters. The van der Waals surface area contributed by atoms with Crippen molar-refractivity contribution in [3.05, 3.63) is 105 Å². The fourth-order valence-electron chi connectivity index (χ4n) is 6.32. The molecule has 3 rings (SSSR count). The van der Waals surface area contributed by atoms with Gasteiger partial charge in [0.05, 0.1) is 17.9 Å². The Kier molecular flexibility index (Phi) is 22.5. The molecule has 0 bridgehead atoms. The fraction of sp³-hybridized carbons (Fsp3) is 0.533. The van der Waals surface area contributed by atoms with E-state index in [1.54, 1.807) is 18.2 Å². The summed E-state index contributed by atoms with van der Waals surface area (Å²) in [7, 11) is 0. The molecule has 0 heterocycles. The van der Waals surface area contributed by atoms with Crippen LogP contribution in [0.3, 0.4) is 0 Å². The quantitative estimate of drug-likeness (QED) is 0.156. The van der Waals surface area contributed by atoms with Crippen molar-refractivity contribution in [1.29, 1.82) is 0 Å². The van der Waals surface area contributed by atoms with Crippen molar-refractivity contribution in [2.75, 3.05) is 0 Å². The van der Waals surface area contributed by atoms with E-state index in [1.807, 2.05) is 36.4 Å². The van der Waals surface area contributed by atoms with Crippen LogP contribution in [0.5, 0.6) is 0 Å². The van der Waals surface area contributed by atoms with Crippen LogP contribution in [-0.4, -0.2) is 35.3 Å². The van der Waals surface area contributed by atoms with E-state index in [2.05, 4.69) is 83.1 Å². The topological polar surface area (TPSA) is 120 Å². The van der Waals surface area contributed by atoms with Gasteiger partial charge in [-0.15, -0.1) is 0 Å². The van der Waals surface area contributed by atoms with Gasteiger partial charge in [-0.2, -0.15) is 0 Å². The molecular weight excluding hydrogens is 663 g/mol. The van der Waals surface area contributed by atoms with Crippen LogP contribution >= 0.6 is 0 Å². The van der Waals surface area contributed by atoms with Crippen molar-refractivity contribution in [1.82, 2.24) is 0 Å². The largest absolute Gasteiger partial charge is 3.00 e. The Hall–Kier alpha value is -3.40. The Morgan fingerprint density at radius 3 is 0.731 bits per heavy atom. The number of hydrogen-bond acceptors (Lipinski definition) is 6. The van der Waals surface area contributed by atoms with Crippen molar-refractivity contribution in [2.24, 2.45) is 35.5 Å². The summed E-state index contributed by atoms with van der Waals surface area (Å²) in [6.45, 7) is 25.5. The van der Waals surface area contributed by atoms with Gasteiger partial charge in [0, 0.05) is 16.7 Å². The van der Waals surface area contributed by atoms with Gasteiger partial charge in [-0.1, -0.05) is 138 Å². The summed E-state index contributed by atoms with van der Waals surface area (Å²) in [5, 5.41) is 33.4. The van der Waals surface area contributed by atoms with E-state index in [-0.39, 0.29) is 17.4 Å². The first-order chi connectivity index (χ1) is 23.7. The van der Waals surface area contributed by atoms with E-state index >= 15 is 0 Å². The predicted molar refractivity (Wildman–Crippen MR) is 209 cm³/mol. The number of benzene rings is 3. The SMILES string of the molecule is CC(C)Cc1cccc(C(=O)[O-])c1CC(C)C.CC(C)Cc1cccc(C(=O)[O-])c1CC(C)C.CC(C)Cc1cccc(C(=O)[O-])c1CC(C)C.[Al+3]. The van der Waals surface area contributed by atoms with Gasteiger partial charge < -0.3 is 29.7 Å². The molecule has 0 aliphatic heterocycles. The minimum Gasteiger partial charge on any atom is -0.545 e. The number of carbonyl (C=O) groups excluding carboxylic acids is 3. The zero-order valence-electron chi connectivity index (χ0n) is 33.9. The summed E-state index contributed by atoms with van der Waals surface area (Å²) < 4.78 is 0. The number of hydrogen-bond donors (Lipinski definition) is 0. The molecule has 0 radical (unpaired) electrons. The van der Waals surface area contributed by atoms with Crippen molar-refractivity contribution >= 4 is 35.3 Å². The van der Waals surface area contributed by atoms with E-state index in [0.29, 0.717) is 52.2 Å². The number of carboxylic acid groups (broad SMARTS) is 3. The molecule has 0 saturated heterocycles. The summed E-state index contributed by atoms with van der Waals surface area (Å²) in [6.07, 6.45) is 5.15. The molecule has 3 aromatic rings. The molecule has 0 fully saturated rings. The van der Waals surface area contributed by atoms with Crippen LogP contribution in [-0.2, 0) is 38.5 Å². The maximum Gasteiger partial charge on any atom is 3.00 e. The Morgan fingerprint density at radius 1 is 0.385 bits per heavy atom. The average Bonchev–Trinajstić information content (AvgIpc) is 2.98. The molecule has 0 unspecified atom stereocenters. The van der Waals surface area contributed by atoms with Crippen LogP contribution in [0, 0.1) is 35.5 Å². The van der Waals surface area contributed by atoms with Crippen LogP contribution in [0.2, 0.25) is 0 Å². The normalized spacial score (nSPS) is 11.0. The summed E-state index contributed by atoms with van der Waals surface area (Å²) >= 11 is 0. The smallest absolute Gasteiger partial charge is 0.545 e. The third kappa shape index (κ3) is 17.4. The molecule has 0 amide bonds. The summed E-state index contributed by atoms with van der Waals surface area (Å²) in [5.41, 5.74) is 7.38. The monoisotopic (exact) mass is 726 g/mol. The second kappa shape index (κ2) is 24.0. The van der Waals surface area contributed by atoms with Gasteiger partial charge in [0.25, 0.3) is 0 Å². The van der Waals surface area contributed by atoms with Gasteiger partial charge in [-0.05, 0) is 107 Å². The van der Waals surface area contributed by atoms with Crippen LogP contribution in [0.1, 0.15) is 148 Å². The second-order valence-electron chi connectivity index (χ2n) is 16.3. The van der Waals surface area contributed by atoms with Crippen LogP contribution in [0.25, 0.3) is 0 Å². The minimum atomic E-state index is -1.06. The Bertz CT molecular complexity index is 1370. The molecule has 0 aromatic heterocycles. The number of aromatic carboxylic acids is 3. The second-order valence-corrected chi connectivity index (χ2v) is 16.3. The average molecular weight is 727 g/mol. The Labute approximate surface area is 325 Å². The predicted octanol–water partition coefficient (Wildman–Crippen LogP) is 6.96. The molecule has 282 valence electrons.